The molecule has 1 rings (SSSR count). The monoisotopic (exact) mass is 212 g/mol. The van der Waals surface area contributed by atoms with Crippen LogP contribution >= 0.6 is 0 Å². The number of benzene rings is 1. The van der Waals surface area contributed by atoms with E-state index < -0.39 is 11.9 Å². The highest BCUT2D eigenvalue weighted by atomic mass is 19.1. The van der Waals surface area contributed by atoms with Crippen LogP contribution in [0.25, 0.3) is 0 Å². The van der Waals surface area contributed by atoms with E-state index in [2.05, 4.69) is 0 Å². The highest BCUT2D eigenvalue weighted by Crippen LogP contribution is 2.30. The molecule has 0 spiro atoms. The molecular weight excluding hydrogens is 195 g/mol. The number of ether oxygens (including phenoxy) is 1. The fourth-order valence-corrected chi connectivity index (χ4v) is 1.56. The number of unbranched alkanes of at least 4 members (excludes halogenated alkanes) is 1. The first-order valence-electron chi connectivity index (χ1n) is 5.21. The second kappa shape index (κ2) is 5.71. The molecule has 0 aliphatic carbocycles. The summed E-state index contributed by atoms with van der Waals surface area (Å²) < 4.78 is 18.5. The molecule has 1 unspecified atom stereocenters. The van der Waals surface area contributed by atoms with E-state index in [1.807, 2.05) is 6.92 Å². The Morgan fingerprint density at radius 2 is 2.20 bits per heavy atom. The molecule has 2 nitrogen and oxygen atoms in total. The zero-order valence-electron chi connectivity index (χ0n) is 9.16. The van der Waals surface area contributed by atoms with Gasteiger partial charge in [0, 0.05) is 0 Å². The summed E-state index contributed by atoms with van der Waals surface area (Å²) in [6.07, 6.45) is 1.64. The molecule has 1 atom stereocenters. The number of aliphatic hydroxyl groups is 1. The van der Waals surface area contributed by atoms with Crippen molar-refractivity contribution >= 4 is 0 Å². The van der Waals surface area contributed by atoms with Crippen LogP contribution in [0.3, 0.4) is 0 Å². The number of methoxy groups -OCH3 is 1. The summed E-state index contributed by atoms with van der Waals surface area (Å²) in [5.74, 6) is 0.0107. The van der Waals surface area contributed by atoms with Crippen LogP contribution in [0.4, 0.5) is 4.39 Å². The van der Waals surface area contributed by atoms with Crippen molar-refractivity contribution in [2.75, 3.05) is 7.11 Å². The zero-order chi connectivity index (χ0) is 11.3. The Balaban J connectivity index is 2.90. The Bertz CT molecular complexity index is 312. The fourth-order valence-electron chi connectivity index (χ4n) is 1.56. The smallest absolute Gasteiger partial charge is 0.132 e. The lowest BCUT2D eigenvalue weighted by molar-refractivity contribution is 0.155. The maximum Gasteiger partial charge on any atom is 0.132 e. The summed E-state index contributed by atoms with van der Waals surface area (Å²) in [6, 6.07) is 4.57. The molecular formula is C12H17FO2. The number of hydrogen-bond donors (Lipinski definition) is 1. The highest BCUT2D eigenvalue weighted by Gasteiger charge is 2.17. The summed E-state index contributed by atoms with van der Waals surface area (Å²) >= 11 is 0. The third-order valence-electron chi connectivity index (χ3n) is 2.40. The lowest BCUT2D eigenvalue weighted by Gasteiger charge is -2.15. The molecule has 0 saturated carbocycles. The zero-order valence-corrected chi connectivity index (χ0v) is 9.16. The van der Waals surface area contributed by atoms with Gasteiger partial charge in [0.15, 0.2) is 0 Å². The van der Waals surface area contributed by atoms with Gasteiger partial charge in [-0.05, 0) is 18.6 Å². The third-order valence-corrected chi connectivity index (χ3v) is 2.40. The molecule has 0 aliphatic heterocycles. The summed E-state index contributed by atoms with van der Waals surface area (Å²) in [5, 5.41) is 9.82. The van der Waals surface area contributed by atoms with Crippen molar-refractivity contribution in [3.63, 3.8) is 0 Å². The van der Waals surface area contributed by atoms with E-state index >= 15 is 0 Å². The molecule has 1 aromatic carbocycles. The van der Waals surface area contributed by atoms with Crippen LogP contribution in [0.1, 0.15) is 37.9 Å². The topological polar surface area (TPSA) is 29.5 Å². The van der Waals surface area contributed by atoms with Crippen molar-refractivity contribution in [3.8, 4) is 5.75 Å². The average Bonchev–Trinajstić information content (AvgIpc) is 2.25. The molecule has 0 aromatic heterocycles. The maximum atomic E-state index is 13.5. The highest BCUT2D eigenvalue weighted by molar-refractivity contribution is 5.36. The van der Waals surface area contributed by atoms with Crippen LogP contribution in [0.15, 0.2) is 18.2 Å². The van der Waals surface area contributed by atoms with Crippen LogP contribution in [0.2, 0.25) is 0 Å². The summed E-state index contributed by atoms with van der Waals surface area (Å²) in [7, 11) is 1.48. The molecule has 3 heteroatoms. The van der Waals surface area contributed by atoms with Crippen LogP contribution in [0, 0.1) is 5.82 Å². The predicted molar refractivity (Wildman–Crippen MR) is 57.4 cm³/mol. The van der Waals surface area contributed by atoms with E-state index in [0.29, 0.717) is 12.2 Å². The Morgan fingerprint density at radius 1 is 1.47 bits per heavy atom. The molecule has 0 bridgehead atoms. The molecule has 84 valence electrons. The van der Waals surface area contributed by atoms with E-state index in [9.17, 15) is 9.50 Å². The van der Waals surface area contributed by atoms with Gasteiger partial charge >= 0.3 is 0 Å². The second-order valence-corrected chi connectivity index (χ2v) is 3.51. The second-order valence-electron chi connectivity index (χ2n) is 3.51. The summed E-state index contributed by atoms with van der Waals surface area (Å²) in [5.41, 5.74) is 0.272. The van der Waals surface area contributed by atoms with Gasteiger partial charge in [0.25, 0.3) is 0 Å². The number of halogens is 1. The van der Waals surface area contributed by atoms with E-state index in [0.717, 1.165) is 12.8 Å². The van der Waals surface area contributed by atoms with E-state index in [-0.39, 0.29) is 5.56 Å². The quantitative estimate of drug-likeness (QED) is 0.812. The largest absolute Gasteiger partial charge is 0.496 e. The minimum Gasteiger partial charge on any atom is -0.496 e. The van der Waals surface area contributed by atoms with Gasteiger partial charge in [-0.3, -0.25) is 0 Å². The van der Waals surface area contributed by atoms with Crippen molar-refractivity contribution in [2.24, 2.45) is 0 Å². The number of aliphatic hydroxyl groups excluding tert-OH is 1. The minimum atomic E-state index is -0.777. The molecule has 0 aliphatic rings. The summed E-state index contributed by atoms with van der Waals surface area (Å²) in [4.78, 5) is 0. The van der Waals surface area contributed by atoms with Crippen molar-refractivity contribution in [1.82, 2.24) is 0 Å². The lowest BCUT2D eigenvalue weighted by atomic mass is 10.0. The van der Waals surface area contributed by atoms with Gasteiger partial charge < -0.3 is 9.84 Å². The third kappa shape index (κ3) is 2.93. The molecule has 0 fully saturated rings. The molecule has 0 saturated heterocycles. The Labute approximate surface area is 89.7 Å². The van der Waals surface area contributed by atoms with E-state index in [1.54, 1.807) is 12.1 Å². The fraction of sp³-hybridized carbons (Fsp3) is 0.500. The van der Waals surface area contributed by atoms with Gasteiger partial charge in [0.1, 0.15) is 11.6 Å². The van der Waals surface area contributed by atoms with Gasteiger partial charge in [0.2, 0.25) is 0 Å². The van der Waals surface area contributed by atoms with Gasteiger partial charge in [-0.1, -0.05) is 25.8 Å². The van der Waals surface area contributed by atoms with E-state index in [4.69, 9.17) is 4.74 Å². The van der Waals surface area contributed by atoms with Crippen LogP contribution < -0.4 is 4.74 Å². The molecule has 15 heavy (non-hydrogen) atoms. The normalized spacial score (nSPS) is 12.5. The first-order valence-corrected chi connectivity index (χ1v) is 5.21. The van der Waals surface area contributed by atoms with Crippen molar-refractivity contribution < 1.29 is 14.2 Å². The van der Waals surface area contributed by atoms with Crippen molar-refractivity contribution in [2.45, 2.75) is 32.3 Å². The number of hydrogen-bond acceptors (Lipinski definition) is 2. The Hall–Kier alpha value is -1.09. The molecule has 0 heterocycles. The molecule has 1 N–H and O–H groups in total. The van der Waals surface area contributed by atoms with Crippen LogP contribution in [0.5, 0.6) is 5.75 Å². The Morgan fingerprint density at radius 3 is 2.80 bits per heavy atom. The average molecular weight is 212 g/mol. The summed E-state index contributed by atoms with van der Waals surface area (Å²) in [6.45, 7) is 2.03. The van der Waals surface area contributed by atoms with Gasteiger partial charge in [-0.2, -0.15) is 0 Å². The van der Waals surface area contributed by atoms with Crippen LogP contribution in [-0.4, -0.2) is 12.2 Å². The first-order chi connectivity index (χ1) is 7.20. The van der Waals surface area contributed by atoms with Gasteiger partial charge in [-0.15, -0.1) is 0 Å². The standard InChI is InChI=1S/C12H17FO2/c1-3-4-7-10(14)12-9(13)6-5-8-11(12)15-2/h5-6,8,10,14H,3-4,7H2,1-2H3. The molecule has 0 radical (unpaired) electrons. The van der Waals surface area contributed by atoms with Crippen molar-refractivity contribution in [3.05, 3.63) is 29.6 Å². The Kier molecular flexibility index (Phi) is 4.56. The SMILES string of the molecule is CCCCC(O)c1c(F)cccc1OC. The van der Waals surface area contributed by atoms with E-state index in [1.165, 1.54) is 13.2 Å². The lowest BCUT2D eigenvalue weighted by Crippen LogP contribution is -2.03. The first kappa shape index (κ1) is 12.0. The molecule has 1 aromatic rings. The van der Waals surface area contributed by atoms with Gasteiger partial charge in [-0.25, -0.2) is 4.39 Å². The van der Waals surface area contributed by atoms with Crippen molar-refractivity contribution in [1.29, 1.82) is 0 Å². The molecule has 0 amide bonds. The number of rotatable bonds is 5. The predicted octanol–water partition coefficient (Wildman–Crippen LogP) is 3.06. The van der Waals surface area contributed by atoms with Gasteiger partial charge in [0.05, 0.1) is 18.8 Å². The maximum absolute atomic E-state index is 13.5. The van der Waals surface area contributed by atoms with Crippen LogP contribution in [-0.2, 0) is 0 Å². The minimum absolute atomic E-state index is 0.272.